The van der Waals surface area contributed by atoms with E-state index < -0.39 is 0 Å². The van der Waals surface area contributed by atoms with Crippen LogP contribution in [0.5, 0.6) is 0 Å². The van der Waals surface area contributed by atoms with Crippen molar-refractivity contribution in [3.8, 4) is 0 Å². The Morgan fingerprint density at radius 2 is 2.05 bits per heavy atom. The molecule has 1 aromatic rings. The number of nitrogens with one attached hydrogen (secondary N) is 1. The second kappa shape index (κ2) is 7.55. The number of nitrogen functional groups attached to an aromatic ring is 1. The smallest absolute Gasteiger partial charge is 0.160 e. The normalized spacial score (nSPS) is 17.9. The van der Waals surface area contributed by atoms with E-state index in [1.807, 2.05) is 13.0 Å². The molecule has 5 nitrogen and oxygen atoms in total. The van der Waals surface area contributed by atoms with Gasteiger partial charge in [0.2, 0.25) is 0 Å². The maximum Gasteiger partial charge on any atom is 0.160 e. The summed E-state index contributed by atoms with van der Waals surface area (Å²) in [6.45, 7) is 4.80. The highest BCUT2D eigenvalue weighted by Crippen LogP contribution is 2.35. The molecule has 20 heavy (non-hydrogen) atoms. The first-order valence-electron chi connectivity index (χ1n) is 7.74. The Morgan fingerprint density at radius 3 is 2.65 bits per heavy atom. The molecule has 1 aromatic heterocycles. The Balaban J connectivity index is 2.27. The Bertz CT molecular complexity index is 396. The lowest BCUT2D eigenvalue weighted by Gasteiger charge is -2.29. The van der Waals surface area contributed by atoms with Crippen molar-refractivity contribution in [3.05, 3.63) is 17.6 Å². The van der Waals surface area contributed by atoms with Crippen LogP contribution in [0.2, 0.25) is 0 Å². The second-order valence-corrected chi connectivity index (χ2v) is 5.37. The van der Waals surface area contributed by atoms with E-state index in [1.165, 1.54) is 32.1 Å². The summed E-state index contributed by atoms with van der Waals surface area (Å²) >= 11 is 0. The van der Waals surface area contributed by atoms with Crippen molar-refractivity contribution in [2.45, 2.75) is 58.5 Å². The number of rotatable bonds is 6. The van der Waals surface area contributed by atoms with E-state index in [9.17, 15) is 0 Å². The minimum absolute atomic E-state index is 0.00102. The predicted octanol–water partition coefficient (Wildman–Crippen LogP) is 2.98. The average Bonchev–Trinajstić information content (AvgIpc) is 2.52. The molecule has 1 unspecified atom stereocenters. The van der Waals surface area contributed by atoms with Gasteiger partial charge in [0.05, 0.1) is 0 Å². The Kier molecular flexibility index (Phi) is 5.73. The molecule has 0 amide bonds. The molecule has 1 atom stereocenters. The lowest BCUT2D eigenvalue weighted by atomic mass is 9.85. The van der Waals surface area contributed by atoms with Gasteiger partial charge in [-0.3, -0.25) is 0 Å². The van der Waals surface area contributed by atoms with Crippen LogP contribution in [0.1, 0.15) is 63.6 Å². The van der Waals surface area contributed by atoms with E-state index in [4.69, 9.17) is 10.6 Å². The molecule has 0 spiro atoms. The van der Waals surface area contributed by atoms with Crippen molar-refractivity contribution in [2.75, 3.05) is 12.0 Å². The molecule has 1 aliphatic rings. The fourth-order valence-corrected chi connectivity index (χ4v) is 2.94. The zero-order valence-electron chi connectivity index (χ0n) is 12.6. The van der Waals surface area contributed by atoms with Crippen LogP contribution in [-0.4, -0.2) is 16.6 Å². The molecule has 1 aliphatic carbocycles. The van der Waals surface area contributed by atoms with Gasteiger partial charge in [-0.15, -0.1) is 0 Å². The monoisotopic (exact) mass is 278 g/mol. The van der Waals surface area contributed by atoms with Gasteiger partial charge in [-0.2, -0.15) is 0 Å². The van der Waals surface area contributed by atoms with E-state index in [-0.39, 0.29) is 6.10 Å². The number of ether oxygens (including phenoxy) is 1. The molecule has 112 valence electrons. The number of aryl methyl sites for hydroxylation is 1. The number of aromatic nitrogens is 2. The molecular weight excluding hydrogens is 252 g/mol. The second-order valence-electron chi connectivity index (χ2n) is 5.37. The Morgan fingerprint density at radius 1 is 1.30 bits per heavy atom. The lowest BCUT2D eigenvalue weighted by molar-refractivity contribution is -0.000223. The highest BCUT2D eigenvalue weighted by Gasteiger charge is 2.28. The van der Waals surface area contributed by atoms with Crippen LogP contribution < -0.4 is 11.3 Å². The van der Waals surface area contributed by atoms with Crippen molar-refractivity contribution in [1.82, 2.24) is 9.97 Å². The summed E-state index contributed by atoms with van der Waals surface area (Å²) in [4.78, 5) is 9.18. The molecule has 2 rings (SSSR count). The van der Waals surface area contributed by atoms with Gasteiger partial charge in [-0.25, -0.2) is 15.8 Å². The Hall–Kier alpha value is -1.20. The van der Waals surface area contributed by atoms with Gasteiger partial charge in [0.25, 0.3) is 0 Å². The number of nitrogens with zero attached hydrogens (tertiary/aromatic N) is 2. The third kappa shape index (κ3) is 3.67. The summed E-state index contributed by atoms with van der Waals surface area (Å²) in [5.41, 5.74) is 3.64. The summed E-state index contributed by atoms with van der Waals surface area (Å²) in [6, 6.07) is 1.90. The SMILES string of the molecule is CCOC(c1nc(CC)cc(NN)n1)C1CCCCC1. The van der Waals surface area contributed by atoms with Crippen LogP contribution in [0.4, 0.5) is 5.82 Å². The van der Waals surface area contributed by atoms with Crippen LogP contribution in [0, 0.1) is 5.92 Å². The van der Waals surface area contributed by atoms with Gasteiger partial charge < -0.3 is 10.2 Å². The molecule has 0 aliphatic heterocycles. The van der Waals surface area contributed by atoms with E-state index in [1.54, 1.807) is 0 Å². The predicted molar refractivity (Wildman–Crippen MR) is 80.2 cm³/mol. The molecule has 5 heteroatoms. The summed E-state index contributed by atoms with van der Waals surface area (Å²) in [5, 5.41) is 0. The first-order chi connectivity index (χ1) is 9.78. The largest absolute Gasteiger partial charge is 0.370 e. The summed E-state index contributed by atoms with van der Waals surface area (Å²) in [5.74, 6) is 7.50. The third-order valence-electron chi connectivity index (χ3n) is 3.99. The van der Waals surface area contributed by atoms with Gasteiger partial charge in [0.15, 0.2) is 5.82 Å². The maximum atomic E-state index is 5.97. The quantitative estimate of drug-likeness (QED) is 0.618. The average molecular weight is 278 g/mol. The number of hydrogen-bond donors (Lipinski definition) is 2. The van der Waals surface area contributed by atoms with E-state index in [2.05, 4.69) is 22.3 Å². The van der Waals surface area contributed by atoms with Gasteiger partial charge in [-0.1, -0.05) is 26.2 Å². The minimum Gasteiger partial charge on any atom is -0.370 e. The van der Waals surface area contributed by atoms with E-state index >= 15 is 0 Å². The zero-order chi connectivity index (χ0) is 14.4. The number of hydrazine groups is 1. The third-order valence-corrected chi connectivity index (χ3v) is 3.99. The Labute approximate surface area is 121 Å². The standard InChI is InChI=1S/C15H26N4O/c1-3-12-10-13(19-16)18-15(17-12)14(20-4-2)11-8-6-5-7-9-11/h10-11,14H,3-9,16H2,1-2H3,(H,17,18,19). The molecule has 0 radical (unpaired) electrons. The summed E-state index contributed by atoms with van der Waals surface area (Å²) in [7, 11) is 0. The molecule has 0 saturated heterocycles. The number of hydrogen-bond acceptors (Lipinski definition) is 5. The van der Waals surface area contributed by atoms with Crippen LogP contribution in [-0.2, 0) is 11.2 Å². The number of anilines is 1. The van der Waals surface area contributed by atoms with Gasteiger partial charge >= 0.3 is 0 Å². The zero-order valence-corrected chi connectivity index (χ0v) is 12.6. The fraction of sp³-hybridized carbons (Fsp3) is 0.733. The molecule has 0 bridgehead atoms. The van der Waals surface area contributed by atoms with Crippen molar-refractivity contribution in [1.29, 1.82) is 0 Å². The van der Waals surface area contributed by atoms with Crippen LogP contribution in [0.15, 0.2) is 6.07 Å². The van der Waals surface area contributed by atoms with Gasteiger partial charge in [-0.05, 0) is 32.1 Å². The molecule has 1 heterocycles. The van der Waals surface area contributed by atoms with Crippen molar-refractivity contribution >= 4 is 5.82 Å². The molecule has 0 aromatic carbocycles. The van der Waals surface area contributed by atoms with Gasteiger partial charge in [0.1, 0.15) is 11.9 Å². The van der Waals surface area contributed by atoms with Crippen molar-refractivity contribution in [3.63, 3.8) is 0 Å². The van der Waals surface area contributed by atoms with Crippen LogP contribution >= 0.6 is 0 Å². The summed E-state index contributed by atoms with van der Waals surface area (Å²) in [6.07, 6.45) is 7.17. The van der Waals surface area contributed by atoms with E-state index in [0.717, 1.165) is 17.9 Å². The van der Waals surface area contributed by atoms with Gasteiger partial charge in [0, 0.05) is 18.4 Å². The molecule has 1 fully saturated rings. The fourth-order valence-electron chi connectivity index (χ4n) is 2.94. The minimum atomic E-state index is -0.00102. The van der Waals surface area contributed by atoms with Crippen molar-refractivity contribution < 1.29 is 4.74 Å². The van der Waals surface area contributed by atoms with Crippen LogP contribution in [0.3, 0.4) is 0 Å². The first-order valence-corrected chi connectivity index (χ1v) is 7.74. The number of nitrogens with two attached hydrogens (primary N) is 1. The maximum absolute atomic E-state index is 5.97. The highest BCUT2D eigenvalue weighted by molar-refractivity contribution is 5.34. The topological polar surface area (TPSA) is 73.1 Å². The summed E-state index contributed by atoms with van der Waals surface area (Å²) < 4.78 is 5.97. The van der Waals surface area contributed by atoms with E-state index in [0.29, 0.717) is 18.3 Å². The molecule has 1 saturated carbocycles. The lowest BCUT2D eigenvalue weighted by Crippen LogP contribution is -2.22. The molecular formula is C15H26N4O. The first kappa shape index (κ1) is 15.2. The highest BCUT2D eigenvalue weighted by atomic mass is 16.5. The molecule has 3 N–H and O–H groups in total. The van der Waals surface area contributed by atoms with Crippen LogP contribution in [0.25, 0.3) is 0 Å². The van der Waals surface area contributed by atoms with Crippen molar-refractivity contribution in [2.24, 2.45) is 11.8 Å².